The van der Waals surface area contributed by atoms with Crippen LogP contribution >= 0.6 is 0 Å². The number of nitrogens with zero attached hydrogens (tertiary/aromatic N) is 3. The summed E-state index contributed by atoms with van der Waals surface area (Å²) in [5.74, 6) is 0.696. The van der Waals surface area contributed by atoms with Crippen molar-refractivity contribution in [1.82, 2.24) is 14.4 Å². The first-order chi connectivity index (χ1) is 17.9. The molecular formula is C28H30F2N4O3. The minimum absolute atomic E-state index is 0.000972. The van der Waals surface area contributed by atoms with Crippen molar-refractivity contribution in [3.8, 4) is 17.0 Å². The number of nitrogens with two attached hydrogens (primary N) is 1. The van der Waals surface area contributed by atoms with Gasteiger partial charge >= 0.3 is 0 Å². The highest BCUT2D eigenvalue weighted by Gasteiger charge is 2.33. The van der Waals surface area contributed by atoms with Gasteiger partial charge in [0, 0.05) is 34.9 Å². The van der Waals surface area contributed by atoms with Crippen LogP contribution in [0.15, 0.2) is 54.9 Å². The van der Waals surface area contributed by atoms with Crippen molar-refractivity contribution < 1.29 is 23.4 Å². The number of halogens is 2. The van der Waals surface area contributed by atoms with E-state index in [9.17, 15) is 9.50 Å². The highest BCUT2D eigenvalue weighted by molar-refractivity contribution is 5.85. The van der Waals surface area contributed by atoms with Gasteiger partial charge in [-0.05, 0) is 31.4 Å². The number of aliphatic hydroxyl groups excluding tert-OH is 1. The number of ether oxygens (including phenoxy) is 2. The molecule has 5 rings (SSSR count). The smallest absolute Gasteiger partial charge is 0.169 e. The van der Waals surface area contributed by atoms with E-state index >= 15 is 4.39 Å². The summed E-state index contributed by atoms with van der Waals surface area (Å²) in [5.41, 5.74) is 8.05. The third kappa shape index (κ3) is 4.32. The summed E-state index contributed by atoms with van der Waals surface area (Å²) < 4.78 is 42.4. The van der Waals surface area contributed by atoms with Crippen LogP contribution in [0, 0.1) is 5.82 Å². The molecule has 3 N–H and O–H groups in total. The van der Waals surface area contributed by atoms with E-state index in [-0.39, 0.29) is 29.9 Å². The van der Waals surface area contributed by atoms with Gasteiger partial charge in [0.2, 0.25) is 0 Å². The number of alkyl halides is 1. The van der Waals surface area contributed by atoms with Gasteiger partial charge in [-0.3, -0.25) is 4.40 Å². The molecule has 1 aliphatic rings. The average molecular weight is 509 g/mol. The Kier molecular flexibility index (Phi) is 6.83. The lowest BCUT2D eigenvalue weighted by atomic mass is 9.76. The van der Waals surface area contributed by atoms with E-state index in [1.165, 1.54) is 13.2 Å². The van der Waals surface area contributed by atoms with Crippen molar-refractivity contribution in [3.05, 3.63) is 77.6 Å². The summed E-state index contributed by atoms with van der Waals surface area (Å²) in [4.78, 5) is 9.21. The molecule has 0 amide bonds. The number of methoxy groups -OCH3 is 1. The highest BCUT2D eigenvalue weighted by Crippen LogP contribution is 2.39. The molecule has 37 heavy (non-hydrogen) atoms. The van der Waals surface area contributed by atoms with Crippen LogP contribution in [0.5, 0.6) is 5.75 Å². The van der Waals surface area contributed by atoms with E-state index in [1.807, 2.05) is 22.7 Å². The fraction of sp³-hybridized carbons (Fsp3) is 0.357. The topological polar surface area (TPSA) is 94.9 Å². The molecule has 7 nitrogen and oxygen atoms in total. The zero-order valence-corrected chi connectivity index (χ0v) is 20.8. The molecule has 9 heteroatoms. The Morgan fingerprint density at radius 3 is 2.65 bits per heavy atom. The summed E-state index contributed by atoms with van der Waals surface area (Å²) in [6.45, 7) is 1.34. The van der Waals surface area contributed by atoms with Crippen molar-refractivity contribution in [3.63, 3.8) is 0 Å². The molecule has 3 atom stereocenters. The van der Waals surface area contributed by atoms with Crippen LogP contribution in [0.2, 0.25) is 0 Å². The van der Waals surface area contributed by atoms with Gasteiger partial charge in [-0.25, -0.2) is 18.7 Å². The molecule has 0 bridgehead atoms. The van der Waals surface area contributed by atoms with Gasteiger partial charge in [0.15, 0.2) is 11.6 Å². The van der Waals surface area contributed by atoms with Gasteiger partial charge < -0.3 is 20.3 Å². The maximum Gasteiger partial charge on any atom is 0.169 e. The largest absolute Gasteiger partial charge is 0.494 e. The maximum absolute atomic E-state index is 15.1. The van der Waals surface area contributed by atoms with Crippen LogP contribution in [0.1, 0.15) is 42.6 Å². The second-order valence-corrected chi connectivity index (χ2v) is 9.63. The Bertz CT molecular complexity index is 1400. The molecule has 0 spiro atoms. The lowest BCUT2D eigenvalue weighted by Gasteiger charge is -2.28. The van der Waals surface area contributed by atoms with Gasteiger partial charge in [0.1, 0.15) is 29.5 Å². The average Bonchev–Trinajstić information content (AvgIpc) is 3.34. The quantitative estimate of drug-likeness (QED) is 0.377. The Labute approximate surface area is 213 Å². The van der Waals surface area contributed by atoms with Crippen LogP contribution in [0.4, 0.5) is 14.6 Å². The summed E-state index contributed by atoms with van der Waals surface area (Å²) in [7, 11) is 1.39. The molecule has 1 aliphatic heterocycles. The summed E-state index contributed by atoms with van der Waals surface area (Å²) in [5, 5.41) is 9.40. The third-order valence-electron chi connectivity index (χ3n) is 7.39. The number of rotatable bonds is 7. The SMILES string of the molecule is COc1cccc(C(C)(CF)c2ccc(-c3nc(C4CCC(CO)OC4)n4ccnc(N)c34)cc2)c1F. The lowest BCUT2D eigenvalue weighted by Crippen LogP contribution is -2.28. The number of imidazole rings is 1. The standard InChI is InChI=1S/C28H30F2N4O3/c1-28(16-29,21-4-3-5-22(36-2)23(21)30)19-9-6-17(7-10-19)24-25-26(31)32-12-13-34(25)27(33-24)18-8-11-20(14-35)37-15-18/h3-7,9-10,12-13,18,20,35H,8,11,14-16H2,1-2H3,(H2,31,32). The van der Waals surface area contributed by atoms with E-state index in [1.54, 1.807) is 37.4 Å². The number of hydrogen-bond acceptors (Lipinski definition) is 6. The Hall–Kier alpha value is -3.56. The van der Waals surface area contributed by atoms with Crippen molar-refractivity contribution in [2.75, 3.05) is 32.7 Å². The number of aromatic nitrogens is 3. The number of benzene rings is 2. The number of anilines is 1. The van der Waals surface area contributed by atoms with Gasteiger partial charge in [-0.15, -0.1) is 0 Å². The van der Waals surface area contributed by atoms with Gasteiger partial charge in [-0.1, -0.05) is 36.4 Å². The molecule has 2 aromatic carbocycles. The molecule has 3 unspecified atom stereocenters. The second kappa shape index (κ2) is 10.1. The molecule has 0 radical (unpaired) electrons. The van der Waals surface area contributed by atoms with E-state index in [4.69, 9.17) is 20.2 Å². The van der Waals surface area contributed by atoms with E-state index in [2.05, 4.69) is 4.98 Å². The van der Waals surface area contributed by atoms with E-state index < -0.39 is 17.9 Å². The molecule has 4 aromatic rings. The van der Waals surface area contributed by atoms with Crippen LogP contribution in [0.3, 0.4) is 0 Å². The first-order valence-corrected chi connectivity index (χ1v) is 12.3. The Morgan fingerprint density at radius 1 is 1.22 bits per heavy atom. The second-order valence-electron chi connectivity index (χ2n) is 9.63. The normalized spacial score (nSPS) is 19.6. The molecule has 3 heterocycles. The molecular weight excluding hydrogens is 478 g/mol. The number of aliphatic hydroxyl groups is 1. The molecule has 1 fully saturated rings. The third-order valence-corrected chi connectivity index (χ3v) is 7.39. The molecule has 194 valence electrons. The fourth-order valence-corrected chi connectivity index (χ4v) is 5.13. The molecule has 1 saturated heterocycles. The number of fused-ring (bicyclic) bond motifs is 1. The van der Waals surface area contributed by atoms with Crippen molar-refractivity contribution in [2.45, 2.75) is 37.2 Å². The number of nitrogen functional groups attached to an aromatic ring is 1. The first-order valence-electron chi connectivity index (χ1n) is 12.3. The van der Waals surface area contributed by atoms with Crippen LogP contribution in [0.25, 0.3) is 16.8 Å². The predicted octanol–water partition coefficient (Wildman–Crippen LogP) is 4.66. The predicted molar refractivity (Wildman–Crippen MR) is 137 cm³/mol. The highest BCUT2D eigenvalue weighted by atomic mass is 19.1. The van der Waals surface area contributed by atoms with Crippen molar-refractivity contribution >= 4 is 11.3 Å². The van der Waals surface area contributed by atoms with E-state index in [0.29, 0.717) is 29.2 Å². The van der Waals surface area contributed by atoms with Crippen LogP contribution in [-0.4, -0.2) is 52.6 Å². The summed E-state index contributed by atoms with van der Waals surface area (Å²) >= 11 is 0. The summed E-state index contributed by atoms with van der Waals surface area (Å²) in [6.07, 6.45) is 4.88. The van der Waals surface area contributed by atoms with Gasteiger partial charge in [0.25, 0.3) is 0 Å². The maximum atomic E-state index is 15.1. The first kappa shape index (κ1) is 25.1. The fourth-order valence-electron chi connectivity index (χ4n) is 5.13. The van der Waals surface area contributed by atoms with Crippen molar-refractivity contribution in [2.24, 2.45) is 0 Å². The molecule has 0 aliphatic carbocycles. The zero-order chi connectivity index (χ0) is 26.2. The Balaban J connectivity index is 1.54. The molecule has 2 aromatic heterocycles. The minimum atomic E-state index is -1.21. The van der Waals surface area contributed by atoms with Crippen LogP contribution < -0.4 is 10.5 Å². The van der Waals surface area contributed by atoms with Gasteiger partial charge in [0.05, 0.1) is 26.4 Å². The van der Waals surface area contributed by atoms with Crippen molar-refractivity contribution in [1.29, 1.82) is 0 Å². The van der Waals surface area contributed by atoms with E-state index in [0.717, 1.165) is 24.2 Å². The lowest BCUT2D eigenvalue weighted by molar-refractivity contribution is -0.0282. The number of hydrogen-bond donors (Lipinski definition) is 2. The van der Waals surface area contributed by atoms with Gasteiger partial charge in [-0.2, -0.15) is 0 Å². The summed E-state index contributed by atoms with van der Waals surface area (Å²) in [6, 6.07) is 12.0. The van der Waals surface area contributed by atoms with Crippen LogP contribution in [-0.2, 0) is 10.2 Å². The Morgan fingerprint density at radius 2 is 2.00 bits per heavy atom. The monoisotopic (exact) mass is 508 g/mol. The zero-order valence-electron chi connectivity index (χ0n) is 20.8. The molecule has 0 saturated carbocycles. The minimum Gasteiger partial charge on any atom is -0.494 e.